The second-order valence-corrected chi connectivity index (χ2v) is 5.24. The smallest absolute Gasteiger partial charge is 0.303 e. The first kappa shape index (κ1) is 20.0. The van der Waals surface area contributed by atoms with Gasteiger partial charge in [0.2, 0.25) is 6.10 Å². The monoisotopic (exact) mass is 350 g/mol. The topological polar surface area (TPSA) is 125 Å². The zero-order valence-electron chi connectivity index (χ0n) is 13.6. The van der Waals surface area contributed by atoms with Gasteiger partial charge in [-0.25, -0.2) is 4.39 Å². The Morgan fingerprint density at radius 1 is 0.958 bits per heavy atom. The number of ketones is 1. The summed E-state index contributed by atoms with van der Waals surface area (Å²) in [7, 11) is 0. The molecule has 0 aromatic rings. The predicted molar refractivity (Wildman–Crippen MR) is 73.1 cm³/mol. The van der Waals surface area contributed by atoms with Gasteiger partial charge in [-0.15, -0.1) is 0 Å². The first-order valence-corrected chi connectivity index (χ1v) is 7.01. The van der Waals surface area contributed by atoms with Gasteiger partial charge in [0.25, 0.3) is 5.79 Å². The number of alkyl halides is 1. The maximum Gasteiger partial charge on any atom is 0.303 e. The van der Waals surface area contributed by atoms with Gasteiger partial charge < -0.3 is 24.1 Å². The normalized spacial score (nSPS) is 32.6. The Morgan fingerprint density at radius 2 is 1.42 bits per heavy atom. The van der Waals surface area contributed by atoms with E-state index < -0.39 is 60.6 Å². The van der Waals surface area contributed by atoms with E-state index in [0.29, 0.717) is 0 Å². The molecule has 0 aromatic carbocycles. The molecule has 1 N–H and O–H groups in total. The number of carbonyl (C=O) groups is 4. The second-order valence-electron chi connectivity index (χ2n) is 5.24. The van der Waals surface area contributed by atoms with Crippen molar-refractivity contribution >= 4 is 23.7 Å². The Kier molecular flexibility index (Phi) is 6.38. The molecule has 1 aliphatic rings. The predicted octanol–water partition coefficient (Wildman–Crippen LogP) is -0.573. The van der Waals surface area contributed by atoms with Crippen LogP contribution in [0.4, 0.5) is 4.39 Å². The molecule has 0 aliphatic carbocycles. The van der Waals surface area contributed by atoms with Crippen molar-refractivity contribution < 1.29 is 47.6 Å². The Hall–Kier alpha value is -2.07. The number of rotatable bonds is 5. The van der Waals surface area contributed by atoms with E-state index in [0.717, 1.165) is 27.7 Å². The number of hydrogen-bond acceptors (Lipinski definition) is 9. The van der Waals surface area contributed by atoms with Crippen LogP contribution in [-0.2, 0) is 38.1 Å². The lowest BCUT2D eigenvalue weighted by molar-refractivity contribution is -0.331. The molecule has 1 saturated heterocycles. The maximum atomic E-state index is 13.3. The third-order valence-corrected chi connectivity index (χ3v) is 3.26. The van der Waals surface area contributed by atoms with E-state index >= 15 is 0 Å². The van der Waals surface area contributed by atoms with Crippen LogP contribution in [0.15, 0.2) is 0 Å². The molecule has 0 amide bonds. The molecule has 10 heteroatoms. The van der Waals surface area contributed by atoms with E-state index in [1.807, 2.05) is 0 Å². The summed E-state index contributed by atoms with van der Waals surface area (Å²) in [6.45, 7) is 2.66. The molecule has 0 saturated carbocycles. The number of halogens is 1. The van der Waals surface area contributed by atoms with Gasteiger partial charge in [-0.3, -0.25) is 19.2 Å². The molecule has 5 atom stereocenters. The molecule has 1 unspecified atom stereocenters. The Balaban J connectivity index is 3.40. The van der Waals surface area contributed by atoms with E-state index in [1.54, 1.807) is 0 Å². The lowest BCUT2D eigenvalue weighted by Gasteiger charge is -2.47. The standard InChI is InChI=1S/C14H19FO9/c1-6(16)14(20)13(23-9(4)19)12(22-8(3)18)11(21-7(2)17)10(5-15)24-14/h10-13,20H,5H2,1-4H3/t10-,11+,12+,13-,14?/m1/s1. The van der Waals surface area contributed by atoms with Crippen LogP contribution in [0.5, 0.6) is 0 Å². The molecule has 24 heavy (non-hydrogen) atoms. The fourth-order valence-electron chi connectivity index (χ4n) is 2.35. The Morgan fingerprint density at radius 3 is 1.79 bits per heavy atom. The van der Waals surface area contributed by atoms with Gasteiger partial charge in [-0.05, 0) is 0 Å². The average molecular weight is 350 g/mol. The van der Waals surface area contributed by atoms with E-state index in [-0.39, 0.29) is 0 Å². The fourth-order valence-corrected chi connectivity index (χ4v) is 2.35. The minimum atomic E-state index is -2.76. The van der Waals surface area contributed by atoms with Gasteiger partial charge in [-0.2, -0.15) is 0 Å². The van der Waals surface area contributed by atoms with Crippen molar-refractivity contribution in [3.63, 3.8) is 0 Å². The van der Waals surface area contributed by atoms with Crippen molar-refractivity contribution in [1.29, 1.82) is 0 Å². The van der Waals surface area contributed by atoms with Crippen molar-refractivity contribution in [2.24, 2.45) is 0 Å². The summed E-state index contributed by atoms with van der Waals surface area (Å²) in [6, 6.07) is 0. The van der Waals surface area contributed by atoms with Crippen molar-refractivity contribution in [3.8, 4) is 0 Å². The summed E-state index contributed by atoms with van der Waals surface area (Å²) < 4.78 is 33.0. The maximum absolute atomic E-state index is 13.3. The van der Waals surface area contributed by atoms with Gasteiger partial charge in [-0.1, -0.05) is 0 Å². The third kappa shape index (κ3) is 4.26. The highest BCUT2D eigenvalue weighted by Gasteiger charge is 2.61. The molecule has 0 bridgehead atoms. The zero-order valence-corrected chi connectivity index (χ0v) is 13.6. The number of esters is 3. The van der Waals surface area contributed by atoms with E-state index in [1.165, 1.54) is 0 Å². The van der Waals surface area contributed by atoms with Gasteiger partial charge >= 0.3 is 17.9 Å². The second kappa shape index (κ2) is 7.67. The summed E-state index contributed by atoms with van der Waals surface area (Å²) in [5.74, 6) is -6.45. The highest BCUT2D eigenvalue weighted by Crippen LogP contribution is 2.35. The zero-order chi connectivity index (χ0) is 18.7. The Bertz CT molecular complexity index is 534. The van der Waals surface area contributed by atoms with Crippen molar-refractivity contribution in [2.75, 3.05) is 6.67 Å². The molecule has 0 spiro atoms. The molecule has 9 nitrogen and oxygen atoms in total. The number of aliphatic hydroxyl groups is 1. The molecule has 1 heterocycles. The molecule has 1 aliphatic heterocycles. The molecule has 1 fully saturated rings. The largest absolute Gasteiger partial charge is 0.456 e. The van der Waals surface area contributed by atoms with Crippen LogP contribution < -0.4 is 0 Å². The summed E-state index contributed by atoms with van der Waals surface area (Å²) >= 11 is 0. The first-order valence-electron chi connectivity index (χ1n) is 7.01. The van der Waals surface area contributed by atoms with Gasteiger partial charge in [0.05, 0.1) is 0 Å². The fraction of sp³-hybridized carbons (Fsp3) is 0.714. The Labute approximate surface area is 137 Å². The van der Waals surface area contributed by atoms with E-state index in [4.69, 9.17) is 18.9 Å². The third-order valence-electron chi connectivity index (χ3n) is 3.26. The number of Topliss-reactive ketones (excluding diaryl/α,β-unsaturated/α-hetero) is 1. The van der Waals surface area contributed by atoms with Crippen LogP contribution in [0, 0.1) is 0 Å². The molecule has 0 radical (unpaired) electrons. The van der Waals surface area contributed by atoms with Crippen LogP contribution in [0.3, 0.4) is 0 Å². The van der Waals surface area contributed by atoms with Gasteiger partial charge in [0.1, 0.15) is 12.8 Å². The molecule has 136 valence electrons. The highest BCUT2D eigenvalue weighted by atomic mass is 19.1. The molecule has 0 aromatic heterocycles. The lowest BCUT2D eigenvalue weighted by Crippen LogP contribution is -2.70. The van der Waals surface area contributed by atoms with Crippen molar-refractivity contribution in [1.82, 2.24) is 0 Å². The van der Waals surface area contributed by atoms with Crippen LogP contribution in [0.2, 0.25) is 0 Å². The minimum Gasteiger partial charge on any atom is -0.456 e. The summed E-state index contributed by atoms with van der Waals surface area (Å²) in [6.07, 6.45) is -6.62. The first-order chi connectivity index (χ1) is 11.0. The van der Waals surface area contributed by atoms with Crippen molar-refractivity contribution in [3.05, 3.63) is 0 Å². The van der Waals surface area contributed by atoms with E-state index in [9.17, 15) is 28.7 Å². The van der Waals surface area contributed by atoms with Crippen LogP contribution >= 0.6 is 0 Å². The SMILES string of the molecule is CC(=O)O[C@@H]1[C@H](OC(C)=O)[C@@H](OC(C)=O)C(O)(C(C)=O)O[C@@H]1CF. The molecular weight excluding hydrogens is 331 g/mol. The number of carbonyl (C=O) groups excluding carboxylic acids is 4. The van der Waals surface area contributed by atoms with Crippen molar-refractivity contribution in [2.45, 2.75) is 57.9 Å². The number of ether oxygens (including phenoxy) is 4. The minimum absolute atomic E-state index is 0.853. The quantitative estimate of drug-likeness (QED) is 0.512. The van der Waals surface area contributed by atoms with Gasteiger partial charge in [0, 0.05) is 27.7 Å². The lowest BCUT2D eigenvalue weighted by atomic mass is 9.90. The van der Waals surface area contributed by atoms with Crippen LogP contribution in [0.1, 0.15) is 27.7 Å². The average Bonchev–Trinajstić information content (AvgIpc) is 2.44. The molecular formula is C14H19FO9. The highest BCUT2D eigenvalue weighted by molar-refractivity contribution is 5.85. The van der Waals surface area contributed by atoms with Gasteiger partial charge in [0.15, 0.2) is 18.0 Å². The summed E-state index contributed by atoms with van der Waals surface area (Å²) in [5, 5.41) is 10.4. The number of hydrogen-bond donors (Lipinski definition) is 1. The summed E-state index contributed by atoms with van der Waals surface area (Å²) in [5.41, 5.74) is 0. The van der Waals surface area contributed by atoms with E-state index in [2.05, 4.69) is 0 Å². The van der Waals surface area contributed by atoms with Crippen LogP contribution in [0.25, 0.3) is 0 Å². The van der Waals surface area contributed by atoms with Crippen LogP contribution in [-0.4, -0.2) is 65.7 Å². The summed E-state index contributed by atoms with van der Waals surface area (Å²) in [4.78, 5) is 45.7. The molecule has 1 rings (SSSR count).